The molecule has 0 rings (SSSR count). The third-order valence-corrected chi connectivity index (χ3v) is 1.93. The Morgan fingerprint density at radius 3 is 2.00 bits per heavy atom. The maximum absolute atomic E-state index is 11.6. The van der Waals surface area contributed by atoms with E-state index in [9.17, 15) is 9.59 Å². The zero-order valence-electron chi connectivity index (χ0n) is 8.76. The number of ketones is 1. The van der Waals surface area contributed by atoms with Gasteiger partial charge in [0.25, 0.3) is 0 Å². The molecular formula is C10H18O3. The Bertz CT molecular complexity index is 201. The van der Waals surface area contributed by atoms with Crippen molar-refractivity contribution in [3.63, 3.8) is 0 Å². The summed E-state index contributed by atoms with van der Waals surface area (Å²) in [6, 6.07) is 0. The Morgan fingerprint density at radius 1 is 1.31 bits per heavy atom. The lowest BCUT2D eigenvalue weighted by atomic mass is 9.81. The smallest absolute Gasteiger partial charge is 0.314 e. The van der Waals surface area contributed by atoms with Gasteiger partial charge in [-0.2, -0.15) is 0 Å². The molecule has 0 bridgehead atoms. The standard InChI is InChI=1S/C10H18O3/c1-5-6-7(9(12)13)8(11)10(2,3)4/h7H,5-6H2,1-4H3,(H,12,13). The van der Waals surface area contributed by atoms with E-state index < -0.39 is 17.3 Å². The normalized spacial score (nSPS) is 13.8. The Morgan fingerprint density at radius 2 is 1.77 bits per heavy atom. The second-order valence-corrected chi connectivity index (χ2v) is 4.29. The van der Waals surface area contributed by atoms with Gasteiger partial charge >= 0.3 is 5.97 Å². The van der Waals surface area contributed by atoms with Crippen LogP contribution in [0.15, 0.2) is 0 Å². The maximum Gasteiger partial charge on any atom is 0.314 e. The summed E-state index contributed by atoms with van der Waals surface area (Å²) in [4.78, 5) is 22.4. The van der Waals surface area contributed by atoms with Crippen molar-refractivity contribution in [2.45, 2.75) is 40.5 Å². The van der Waals surface area contributed by atoms with Crippen molar-refractivity contribution in [3.8, 4) is 0 Å². The van der Waals surface area contributed by atoms with E-state index in [1.807, 2.05) is 6.92 Å². The number of carbonyl (C=O) groups is 2. The lowest BCUT2D eigenvalue weighted by Gasteiger charge is -2.21. The molecule has 0 aliphatic carbocycles. The van der Waals surface area contributed by atoms with Crippen LogP contribution < -0.4 is 0 Å². The van der Waals surface area contributed by atoms with E-state index >= 15 is 0 Å². The quantitative estimate of drug-likeness (QED) is 0.684. The lowest BCUT2D eigenvalue weighted by molar-refractivity contribution is -0.149. The topological polar surface area (TPSA) is 54.4 Å². The number of hydrogen-bond donors (Lipinski definition) is 1. The summed E-state index contributed by atoms with van der Waals surface area (Å²) in [5.74, 6) is -2.01. The van der Waals surface area contributed by atoms with E-state index in [4.69, 9.17) is 5.11 Å². The van der Waals surface area contributed by atoms with Crippen molar-refractivity contribution in [2.75, 3.05) is 0 Å². The number of carboxylic acids is 1. The number of carbonyl (C=O) groups excluding carboxylic acids is 1. The highest BCUT2D eigenvalue weighted by Crippen LogP contribution is 2.23. The second-order valence-electron chi connectivity index (χ2n) is 4.29. The fraction of sp³-hybridized carbons (Fsp3) is 0.800. The number of rotatable bonds is 4. The fourth-order valence-electron chi connectivity index (χ4n) is 1.18. The van der Waals surface area contributed by atoms with Crippen molar-refractivity contribution in [3.05, 3.63) is 0 Å². The van der Waals surface area contributed by atoms with Gasteiger partial charge in [0, 0.05) is 5.41 Å². The first kappa shape index (κ1) is 12.1. The summed E-state index contributed by atoms with van der Waals surface area (Å²) in [7, 11) is 0. The number of hydrogen-bond acceptors (Lipinski definition) is 2. The van der Waals surface area contributed by atoms with Gasteiger partial charge in [0.1, 0.15) is 5.92 Å². The second kappa shape index (κ2) is 4.40. The van der Waals surface area contributed by atoms with Crippen LogP contribution in [0.3, 0.4) is 0 Å². The summed E-state index contributed by atoms with van der Waals surface area (Å²) < 4.78 is 0. The van der Waals surface area contributed by atoms with Crippen LogP contribution in [0.5, 0.6) is 0 Å². The van der Waals surface area contributed by atoms with Crippen LogP contribution in [-0.4, -0.2) is 16.9 Å². The van der Waals surface area contributed by atoms with Crippen molar-refractivity contribution in [1.29, 1.82) is 0 Å². The Labute approximate surface area is 79.1 Å². The number of aliphatic carboxylic acids is 1. The highest BCUT2D eigenvalue weighted by atomic mass is 16.4. The molecule has 1 atom stereocenters. The molecule has 0 amide bonds. The van der Waals surface area contributed by atoms with Crippen molar-refractivity contribution < 1.29 is 14.7 Å². The van der Waals surface area contributed by atoms with Crippen molar-refractivity contribution >= 4 is 11.8 Å². The summed E-state index contributed by atoms with van der Waals surface area (Å²) in [5, 5.41) is 8.82. The monoisotopic (exact) mass is 186 g/mol. The zero-order valence-corrected chi connectivity index (χ0v) is 8.76. The molecule has 1 unspecified atom stereocenters. The predicted molar refractivity (Wildman–Crippen MR) is 50.5 cm³/mol. The SMILES string of the molecule is CCCC(C(=O)O)C(=O)C(C)(C)C. The van der Waals surface area contributed by atoms with Gasteiger partial charge in [-0.1, -0.05) is 34.1 Å². The van der Waals surface area contributed by atoms with Crippen LogP contribution in [0.1, 0.15) is 40.5 Å². The van der Waals surface area contributed by atoms with Crippen LogP contribution in [0.4, 0.5) is 0 Å². The molecule has 0 radical (unpaired) electrons. The molecular weight excluding hydrogens is 168 g/mol. The molecule has 0 aromatic rings. The average molecular weight is 186 g/mol. The minimum Gasteiger partial charge on any atom is -0.481 e. The van der Waals surface area contributed by atoms with Gasteiger partial charge < -0.3 is 5.11 Å². The van der Waals surface area contributed by atoms with Gasteiger partial charge in [0.15, 0.2) is 5.78 Å². The van der Waals surface area contributed by atoms with Gasteiger partial charge in [0.05, 0.1) is 0 Å². The van der Waals surface area contributed by atoms with Gasteiger partial charge in [-0.3, -0.25) is 9.59 Å². The van der Waals surface area contributed by atoms with Gasteiger partial charge in [0.2, 0.25) is 0 Å². The molecule has 0 aromatic heterocycles. The average Bonchev–Trinajstić information content (AvgIpc) is 1.96. The minimum absolute atomic E-state index is 0.179. The Balaban J connectivity index is 4.56. The van der Waals surface area contributed by atoms with E-state index in [1.165, 1.54) is 0 Å². The third-order valence-electron chi connectivity index (χ3n) is 1.93. The summed E-state index contributed by atoms with van der Waals surface area (Å²) >= 11 is 0. The Kier molecular flexibility index (Phi) is 4.11. The zero-order chi connectivity index (χ0) is 10.6. The number of Topliss-reactive ketones (excluding diaryl/α,β-unsaturated/α-hetero) is 1. The molecule has 3 nitrogen and oxygen atoms in total. The van der Waals surface area contributed by atoms with Crippen LogP contribution in [-0.2, 0) is 9.59 Å². The van der Waals surface area contributed by atoms with E-state index in [-0.39, 0.29) is 5.78 Å². The van der Waals surface area contributed by atoms with Crippen LogP contribution in [0.25, 0.3) is 0 Å². The highest BCUT2D eigenvalue weighted by molar-refractivity contribution is 6.00. The summed E-state index contributed by atoms with van der Waals surface area (Å²) in [6.07, 6.45) is 1.16. The molecule has 76 valence electrons. The van der Waals surface area contributed by atoms with E-state index in [2.05, 4.69) is 0 Å². The summed E-state index contributed by atoms with van der Waals surface area (Å²) in [6.45, 7) is 7.13. The van der Waals surface area contributed by atoms with Crippen LogP contribution >= 0.6 is 0 Å². The van der Waals surface area contributed by atoms with E-state index in [0.29, 0.717) is 6.42 Å². The van der Waals surface area contributed by atoms with Gasteiger partial charge in [-0.15, -0.1) is 0 Å². The molecule has 13 heavy (non-hydrogen) atoms. The number of carboxylic acid groups (broad SMARTS) is 1. The first-order chi connectivity index (χ1) is 5.80. The van der Waals surface area contributed by atoms with Crippen molar-refractivity contribution in [1.82, 2.24) is 0 Å². The molecule has 0 heterocycles. The Hall–Kier alpha value is -0.860. The molecule has 0 aliphatic rings. The third kappa shape index (κ3) is 3.57. The minimum atomic E-state index is -0.998. The van der Waals surface area contributed by atoms with Crippen LogP contribution in [0, 0.1) is 11.3 Å². The molecule has 0 saturated heterocycles. The molecule has 1 N–H and O–H groups in total. The summed E-state index contributed by atoms with van der Waals surface area (Å²) in [5.41, 5.74) is -0.557. The molecule has 0 spiro atoms. The van der Waals surface area contributed by atoms with Gasteiger partial charge in [-0.25, -0.2) is 0 Å². The lowest BCUT2D eigenvalue weighted by Crippen LogP contribution is -2.33. The largest absolute Gasteiger partial charge is 0.481 e. The van der Waals surface area contributed by atoms with Crippen LogP contribution in [0.2, 0.25) is 0 Å². The van der Waals surface area contributed by atoms with E-state index in [0.717, 1.165) is 6.42 Å². The van der Waals surface area contributed by atoms with Crippen molar-refractivity contribution in [2.24, 2.45) is 11.3 Å². The first-order valence-corrected chi connectivity index (χ1v) is 4.57. The fourth-order valence-corrected chi connectivity index (χ4v) is 1.18. The van der Waals surface area contributed by atoms with Gasteiger partial charge in [-0.05, 0) is 6.42 Å². The molecule has 0 aliphatic heterocycles. The molecule has 3 heteroatoms. The van der Waals surface area contributed by atoms with E-state index in [1.54, 1.807) is 20.8 Å². The highest BCUT2D eigenvalue weighted by Gasteiger charge is 2.33. The first-order valence-electron chi connectivity index (χ1n) is 4.57. The molecule has 0 fully saturated rings. The predicted octanol–water partition coefficient (Wildman–Crippen LogP) is 2.10. The molecule has 0 aromatic carbocycles. The maximum atomic E-state index is 11.6. The molecule has 0 saturated carbocycles.